The minimum absolute atomic E-state index is 0.0397. The number of nitro groups is 1. The van der Waals surface area contributed by atoms with Crippen LogP contribution < -0.4 is 9.80 Å². The lowest BCUT2D eigenvalue weighted by molar-refractivity contribution is -0.384. The first-order valence-corrected chi connectivity index (χ1v) is 9.77. The van der Waals surface area contributed by atoms with Crippen molar-refractivity contribution in [1.29, 1.82) is 0 Å². The molecule has 2 amide bonds. The van der Waals surface area contributed by atoms with Gasteiger partial charge in [0.25, 0.3) is 5.69 Å². The number of para-hydroxylation sites is 1. The highest BCUT2D eigenvalue weighted by Gasteiger charge is 2.38. The molecule has 0 bridgehead atoms. The largest absolute Gasteiger partial charge is 0.368 e. The van der Waals surface area contributed by atoms with Crippen LogP contribution >= 0.6 is 0 Å². The number of hydrogen-bond acceptors (Lipinski definition) is 5. The van der Waals surface area contributed by atoms with Crippen molar-refractivity contribution in [2.24, 2.45) is 5.92 Å². The summed E-state index contributed by atoms with van der Waals surface area (Å²) in [5.74, 6) is -1.30. The number of piperazine rings is 1. The number of rotatable bonds is 4. The SMILES string of the molecule is O=C([C@@H]1CC(=O)N(c2ccccc2F)C1)N1CCN(c2ccc([N+](=O)[O-])cc2)CC1. The Morgan fingerprint density at radius 1 is 1.03 bits per heavy atom. The third-order valence-corrected chi connectivity index (χ3v) is 5.63. The summed E-state index contributed by atoms with van der Waals surface area (Å²) >= 11 is 0. The van der Waals surface area contributed by atoms with Gasteiger partial charge in [-0.1, -0.05) is 12.1 Å². The van der Waals surface area contributed by atoms with Gasteiger partial charge in [-0.2, -0.15) is 0 Å². The van der Waals surface area contributed by atoms with Gasteiger partial charge in [-0.05, 0) is 24.3 Å². The summed E-state index contributed by atoms with van der Waals surface area (Å²) < 4.78 is 14.0. The van der Waals surface area contributed by atoms with Crippen LogP contribution in [0.3, 0.4) is 0 Å². The van der Waals surface area contributed by atoms with Gasteiger partial charge in [0.15, 0.2) is 0 Å². The van der Waals surface area contributed by atoms with Crippen molar-refractivity contribution in [1.82, 2.24) is 4.90 Å². The molecule has 2 aromatic rings. The van der Waals surface area contributed by atoms with E-state index in [0.717, 1.165) is 5.69 Å². The molecule has 30 heavy (non-hydrogen) atoms. The molecule has 0 saturated carbocycles. The summed E-state index contributed by atoms with van der Waals surface area (Å²) in [6.45, 7) is 2.38. The van der Waals surface area contributed by atoms with Gasteiger partial charge >= 0.3 is 0 Å². The second kappa shape index (κ2) is 8.10. The van der Waals surface area contributed by atoms with Gasteiger partial charge in [0.1, 0.15) is 5.82 Å². The van der Waals surface area contributed by atoms with Crippen LogP contribution in [0.2, 0.25) is 0 Å². The molecule has 4 rings (SSSR count). The zero-order chi connectivity index (χ0) is 21.3. The molecular weight excluding hydrogens is 391 g/mol. The van der Waals surface area contributed by atoms with E-state index >= 15 is 0 Å². The Morgan fingerprint density at radius 2 is 1.70 bits per heavy atom. The molecule has 2 aliphatic heterocycles. The van der Waals surface area contributed by atoms with E-state index in [1.165, 1.54) is 23.1 Å². The van der Waals surface area contributed by atoms with Crippen LogP contribution in [0.15, 0.2) is 48.5 Å². The maximum absolute atomic E-state index is 14.0. The minimum atomic E-state index is -0.483. The highest BCUT2D eigenvalue weighted by atomic mass is 19.1. The summed E-state index contributed by atoms with van der Waals surface area (Å²) in [4.78, 5) is 40.8. The summed E-state index contributed by atoms with van der Waals surface area (Å²) in [6.07, 6.45) is 0.0791. The first-order valence-electron chi connectivity index (χ1n) is 9.77. The predicted molar refractivity (Wildman–Crippen MR) is 109 cm³/mol. The molecule has 0 aliphatic carbocycles. The number of anilines is 2. The van der Waals surface area contributed by atoms with E-state index in [1.54, 1.807) is 35.2 Å². The normalized spacial score (nSPS) is 19.3. The second-order valence-corrected chi connectivity index (χ2v) is 7.44. The van der Waals surface area contributed by atoms with Crippen LogP contribution in [0.4, 0.5) is 21.5 Å². The van der Waals surface area contributed by atoms with Gasteiger partial charge < -0.3 is 14.7 Å². The van der Waals surface area contributed by atoms with Gasteiger partial charge in [0.2, 0.25) is 11.8 Å². The van der Waals surface area contributed by atoms with Crippen LogP contribution in [-0.4, -0.2) is 54.4 Å². The monoisotopic (exact) mass is 412 g/mol. The molecule has 0 unspecified atom stereocenters. The fraction of sp³-hybridized carbons (Fsp3) is 0.333. The molecule has 2 aliphatic rings. The van der Waals surface area contributed by atoms with E-state index in [0.29, 0.717) is 26.2 Å². The number of amides is 2. The average molecular weight is 412 g/mol. The molecule has 0 spiro atoms. The van der Waals surface area contributed by atoms with E-state index in [9.17, 15) is 24.1 Å². The number of nitro benzene ring substituents is 1. The summed E-state index contributed by atoms with van der Waals surface area (Å²) in [6, 6.07) is 12.4. The van der Waals surface area contributed by atoms with Crippen LogP contribution in [0.25, 0.3) is 0 Å². The first kappa shape index (κ1) is 19.8. The molecule has 0 radical (unpaired) electrons. The average Bonchev–Trinajstić information content (AvgIpc) is 3.15. The summed E-state index contributed by atoms with van der Waals surface area (Å²) in [7, 11) is 0. The molecule has 2 saturated heterocycles. The number of hydrogen-bond donors (Lipinski definition) is 0. The van der Waals surface area contributed by atoms with Crippen molar-refractivity contribution in [3.8, 4) is 0 Å². The summed E-state index contributed by atoms with van der Waals surface area (Å²) in [5.41, 5.74) is 1.12. The quantitative estimate of drug-likeness (QED) is 0.569. The standard InChI is InChI=1S/C21H21FN4O4/c22-18-3-1-2-4-19(18)25-14-15(13-20(25)27)21(28)24-11-9-23(10-12-24)16-5-7-17(8-6-16)26(29)30/h1-8,15H,9-14H2/t15-/m1/s1. The molecule has 2 aromatic carbocycles. The maximum atomic E-state index is 14.0. The van der Waals surface area contributed by atoms with Crippen molar-refractivity contribution in [3.63, 3.8) is 0 Å². The third kappa shape index (κ3) is 3.83. The highest BCUT2D eigenvalue weighted by molar-refractivity contribution is 6.00. The molecule has 8 nitrogen and oxygen atoms in total. The van der Waals surface area contributed by atoms with Crippen molar-refractivity contribution in [2.45, 2.75) is 6.42 Å². The van der Waals surface area contributed by atoms with E-state index in [2.05, 4.69) is 4.90 Å². The molecule has 0 N–H and O–H groups in total. The zero-order valence-corrected chi connectivity index (χ0v) is 16.2. The smallest absolute Gasteiger partial charge is 0.269 e. The van der Waals surface area contributed by atoms with Crippen LogP contribution in [0.5, 0.6) is 0 Å². The number of non-ortho nitro benzene ring substituents is 1. The number of carbonyl (C=O) groups excluding carboxylic acids is 2. The maximum Gasteiger partial charge on any atom is 0.269 e. The molecule has 1 atom stereocenters. The van der Waals surface area contributed by atoms with E-state index in [4.69, 9.17) is 0 Å². The molecular formula is C21H21FN4O4. The topological polar surface area (TPSA) is 87.0 Å². The molecule has 2 fully saturated rings. The van der Waals surface area contributed by atoms with Crippen LogP contribution in [0.1, 0.15) is 6.42 Å². The Morgan fingerprint density at radius 3 is 2.33 bits per heavy atom. The van der Waals surface area contributed by atoms with E-state index in [1.807, 2.05) is 0 Å². The number of nitrogens with zero attached hydrogens (tertiary/aromatic N) is 4. The molecule has 2 heterocycles. The predicted octanol–water partition coefficient (Wildman–Crippen LogP) is 2.44. The number of carbonyl (C=O) groups is 2. The fourth-order valence-electron chi connectivity index (χ4n) is 4.00. The third-order valence-electron chi connectivity index (χ3n) is 5.63. The van der Waals surface area contributed by atoms with Crippen molar-refractivity contribution in [2.75, 3.05) is 42.5 Å². The molecule has 0 aromatic heterocycles. The van der Waals surface area contributed by atoms with Crippen molar-refractivity contribution < 1.29 is 18.9 Å². The first-order chi connectivity index (χ1) is 14.4. The minimum Gasteiger partial charge on any atom is -0.368 e. The van der Waals surface area contributed by atoms with Crippen LogP contribution in [-0.2, 0) is 9.59 Å². The van der Waals surface area contributed by atoms with Crippen LogP contribution in [0, 0.1) is 21.8 Å². The van der Waals surface area contributed by atoms with Crippen molar-refractivity contribution in [3.05, 3.63) is 64.5 Å². The Balaban J connectivity index is 1.36. The fourth-order valence-corrected chi connectivity index (χ4v) is 4.00. The van der Waals surface area contributed by atoms with Gasteiger partial charge in [-0.25, -0.2) is 4.39 Å². The lowest BCUT2D eigenvalue weighted by Crippen LogP contribution is -2.50. The van der Waals surface area contributed by atoms with Gasteiger partial charge in [0, 0.05) is 57.0 Å². The highest BCUT2D eigenvalue weighted by Crippen LogP contribution is 2.29. The zero-order valence-electron chi connectivity index (χ0n) is 16.2. The number of benzene rings is 2. The lowest BCUT2D eigenvalue weighted by atomic mass is 10.1. The molecule has 9 heteroatoms. The van der Waals surface area contributed by atoms with E-state index < -0.39 is 16.7 Å². The van der Waals surface area contributed by atoms with Crippen molar-refractivity contribution >= 4 is 28.9 Å². The summed E-state index contributed by atoms with van der Waals surface area (Å²) in [5, 5.41) is 10.8. The van der Waals surface area contributed by atoms with Gasteiger partial charge in [-0.15, -0.1) is 0 Å². The molecule has 156 valence electrons. The van der Waals surface area contributed by atoms with Gasteiger partial charge in [-0.3, -0.25) is 19.7 Å². The lowest BCUT2D eigenvalue weighted by Gasteiger charge is -2.37. The second-order valence-electron chi connectivity index (χ2n) is 7.44. The van der Waals surface area contributed by atoms with Gasteiger partial charge in [0.05, 0.1) is 16.5 Å². The Labute approximate surface area is 172 Å². The Kier molecular flexibility index (Phi) is 5.35. The number of halogens is 1. The van der Waals surface area contributed by atoms with E-state index in [-0.39, 0.29) is 36.2 Å². The Bertz CT molecular complexity index is 973. The Hall–Kier alpha value is -3.49.